The van der Waals surface area contributed by atoms with Crippen LogP contribution in [-0.4, -0.2) is 27.5 Å². The minimum atomic E-state index is -3.64. The standard InChI is InChI=1S/C19H23ClN2O4S/c1-13(2)11-21-27(24,25)15-8-9-18(16(20)10-15)26-12-19(23)22-17-7-5-4-6-14(17)3/h4-10,13,21H,11-12H2,1-3H3,(H,22,23). The topological polar surface area (TPSA) is 84.5 Å². The highest BCUT2D eigenvalue weighted by atomic mass is 35.5. The third-order valence-corrected chi connectivity index (χ3v) is 5.39. The number of benzene rings is 2. The van der Waals surface area contributed by atoms with Crippen LogP contribution in [0.2, 0.25) is 5.02 Å². The van der Waals surface area contributed by atoms with E-state index in [9.17, 15) is 13.2 Å². The number of nitrogens with one attached hydrogen (secondary N) is 2. The number of hydrogen-bond donors (Lipinski definition) is 2. The Morgan fingerprint density at radius 3 is 2.52 bits per heavy atom. The van der Waals surface area contributed by atoms with E-state index in [2.05, 4.69) is 10.0 Å². The summed E-state index contributed by atoms with van der Waals surface area (Å²) in [6.45, 7) is 5.80. The van der Waals surface area contributed by atoms with Gasteiger partial charge in [-0.1, -0.05) is 43.6 Å². The molecule has 0 aromatic heterocycles. The van der Waals surface area contributed by atoms with Gasteiger partial charge in [-0.05, 0) is 42.7 Å². The van der Waals surface area contributed by atoms with Gasteiger partial charge in [-0.15, -0.1) is 0 Å². The molecule has 0 aliphatic carbocycles. The first-order valence-corrected chi connectivity index (χ1v) is 10.3. The van der Waals surface area contributed by atoms with E-state index < -0.39 is 10.0 Å². The lowest BCUT2D eigenvalue weighted by molar-refractivity contribution is -0.118. The van der Waals surface area contributed by atoms with Gasteiger partial charge in [-0.25, -0.2) is 13.1 Å². The van der Waals surface area contributed by atoms with Crippen LogP contribution in [0.3, 0.4) is 0 Å². The van der Waals surface area contributed by atoms with Crippen LogP contribution in [0.5, 0.6) is 5.75 Å². The molecule has 0 saturated heterocycles. The molecule has 2 rings (SSSR count). The van der Waals surface area contributed by atoms with Gasteiger partial charge in [-0.2, -0.15) is 0 Å². The molecule has 0 fully saturated rings. The lowest BCUT2D eigenvalue weighted by atomic mass is 10.2. The Labute approximate surface area is 164 Å². The number of para-hydroxylation sites is 1. The number of ether oxygens (including phenoxy) is 1. The molecule has 8 heteroatoms. The fourth-order valence-electron chi connectivity index (χ4n) is 2.17. The lowest BCUT2D eigenvalue weighted by Gasteiger charge is -2.12. The summed E-state index contributed by atoms with van der Waals surface area (Å²) in [6.07, 6.45) is 0. The highest BCUT2D eigenvalue weighted by molar-refractivity contribution is 7.89. The molecule has 27 heavy (non-hydrogen) atoms. The fourth-order valence-corrected chi connectivity index (χ4v) is 3.71. The van der Waals surface area contributed by atoms with Gasteiger partial charge in [0.1, 0.15) is 5.75 Å². The van der Waals surface area contributed by atoms with Crippen molar-refractivity contribution in [2.24, 2.45) is 5.92 Å². The molecule has 0 aliphatic heterocycles. The van der Waals surface area contributed by atoms with Gasteiger partial charge >= 0.3 is 0 Å². The maximum absolute atomic E-state index is 12.2. The second kappa shape index (κ2) is 9.21. The summed E-state index contributed by atoms with van der Waals surface area (Å²) in [6, 6.07) is 11.5. The quantitative estimate of drug-likeness (QED) is 0.696. The minimum absolute atomic E-state index is 0.0462. The van der Waals surface area contributed by atoms with Crippen LogP contribution >= 0.6 is 11.6 Å². The maximum atomic E-state index is 12.2. The van der Waals surface area contributed by atoms with Crippen molar-refractivity contribution in [2.75, 3.05) is 18.5 Å². The Bertz CT molecular complexity index is 914. The predicted octanol–water partition coefficient (Wildman–Crippen LogP) is 3.60. The van der Waals surface area contributed by atoms with E-state index in [-0.39, 0.29) is 34.1 Å². The smallest absolute Gasteiger partial charge is 0.262 e. The second-order valence-electron chi connectivity index (χ2n) is 6.49. The molecule has 6 nitrogen and oxygen atoms in total. The number of halogens is 1. The molecule has 0 heterocycles. The average Bonchev–Trinajstić information content (AvgIpc) is 2.61. The molecule has 2 N–H and O–H groups in total. The molecule has 2 aromatic rings. The van der Waals surface area contributed by atoms with E-state index in [1.54, 1.807) is 6.07 Å². The summed E-state index contributed by atoms with van der Waals surface area (Å²) < 4.78 is 32.4. The summed E-state index contributed by atoms with van der Waals surface area (Å²) in [5.74, 6) is 0.0830. The summed E-state index contributed by atoms with van der Waals surface area (Å²) in [5.41, 5.74) is 1.64. The average molecular weight is 411 g/mol. The number of carbonyl (C=O) groups is 1. The molecule has 1 amide bonds. The van der Waals surface area contributed by atoms with Crippen LogP contribution in [0.1, 0.15) is 19.4 Å². The van der Waals surface area contributed by atoms with Crippen molar-refractivity contribution in [1.82, 2.24) is 4.72 Å². The van der Waals surface area contributed by atoms with E-state index in [1.165, 1.54) is 18.2 Å². The number of sulfonamides is 1. The number of anilines is 1. The molecular weight excluding hydrogens is 388 g/mol. The lowest BCUT2D eigenvalue weighted by Crippen LogP contribution is -2.27. The molecule has 0 spiro atoms. The minimum Gasteiger partial charge on any atom is -0.482 e. The zero-order chi connectivity index (χ0) is 20.0. The SMILES string of the molecule is Cc1ccccc1NC(=O)COc1ccc(S(=O)(=O)NCC(C)C)cc1Cl. The predicted molar refractivity (Wildman–Crippen MR) is 107 cm³/mol. The Morgan fingerprint density at radius 1 is 1.19 bits per heavy atom. The largest absolute Gasteiger partial charge is 0.482 e. The van der Waals surface area contributed by atoms with Crippen molar-refractivity contribution in [3.63, 3.8) is 0 Å². The molecule has 0 aliphatic rings. The maximum Gasteiger partial charge on any atom is 0.262 e. The van der Waals surface area contributed by atoms with E-state index in [1.807, 2.05) is 39.0 Å². The van der Waals surface area contributed by atoms with E-state index in [0.717, 1.165) is 5.56 Å². The van der Waals surface area contributed by atoms with E-state index in [0.29, 0.717) is 12.2 Å². The third-order valence-electron chi connectivity index (χ3n) is 3.67. The van der Waals surface area contributed by atoms with Crippen LogP contribution in [0, 0.1) is 12.8 Å². The van der Waals surface area contributed by atoms with Gasteiger partial charge in [0.05, 0.1) is 9.92 Å². The third kappa shape index (κ3) is 6.23. The number of hydrogen-bond acceptors (Lipinski definition) is 4. The van der Waals surface area contributed by atoms with Gasteiger partial charge in [0.25, 0.3) is 5.91 Å². The molecule has 0 atom stereocenters. The van der Waals surface area contributed by atoms with Gasteiger partial charge in [0.15, 0.2) is 6.61 Å². The van der Waals surface area contributed by atoms with Gasteiger partial charge in [0.2, 0.25) is 10.0 Å². The highest BCUT2D eigenvalue weighted by Crippen LogP contribution is 2.27. The molecule has 0 unspecified atom stereocenters. The summed E-state index contributed by atoms with van der Waals surface area (Å²) >= 11 is 6.12. The van der Waals surface area contributed by atoms with Gasteiger partial charge in [-0.3, -0.25) is 4.79 Å². The summed E-state index contributed by atoms with van der Waals surface area (Å²) in [4.78, 5) is 12.1. The zero-order valence-corrected chi connectivity index (χ0v) is 17.0. The van der Waals surface area contributed by atoms with Crippen molar-refractivity contribution in [3.8, 4) is 5.75 Å². The number of amides is 1. The number of carbonyl (C=O) groups excluding carboxylic acids is 1. The highest BCUT2D eigenvalue weighted by Gasteiger charge is 2.17. The second-order valence-corrected chi connectivity index (χ2v) is 8.66. The van der Waals surface area contributed by atoms with E-state index >= 15 is 0 Å². The van der Waals surface area contributed by atoms with Gasteiger partial charge in [0, 0.05) is 12.2 Å². The molecule has 0 radical (unpaired) electrons. The molecule has 0 bridgehead atoms. The first-order chi connectivity index (χ1) is 12.7. The van der Waals surface area contributed by atoms with Crippen molar-refractivity contribution >= 4 is 33.2 Å². The summed E-state index contributed by atoms with van der Waals surface area (Å²) in [7, 11) is -3.64. The zero-order valence-electron chi connectivity index (χ0n) is 15.5. The Morgan fingerprint density at radius 2 is 1.89 bits per heavy atom. The fraction of sp³-hybridized carbons (Fsp3) is 0.316. The first kappa shape index (κ1) is 21.2. The van der Waals surface area contributed by atoms with Crippen molar-refractivity contribution in [3.05, 3.63) is 53.1 Å². The Balaban J connectivity index is 2.00. The Kier molecular flexibility index (Phi) is 7.24. The van der Waals surface area contributed by atoms with Crippen molar-refractivity contribution < 1.29 is 17.9 Å². The van der Waals surface area contributed by atoms with Crippen LogP contribution < -0.4 is 14.8 Å². The molecule has 146 valence electrons. The monoisotopic (exact) mass is 410 g/mol. The van der Waals surface area contributed by atoms with Crippen LogP contribution in [-0.2, 0) is 14.8 Å². The van der Waals surface area contributed by atoms with Crippen molar-refractivity contribution in [2.45, 2.75) is 25.7 Å². The molecule has 0 saturated carbocycles. The van der Waals surface area contributed by atoms with Gasteiger partial charge < -0.3 is 10.1 Å². The normalized spacial score (nSPS) is 11.4. The van der Waals surface area contributed by atoms with Crippen molar-refractivity contribution in [1.29, 1.82) is 0 Å². The van der Waals surface area contributed by atoms with Crippen LogP contribution in [0.25, 0.3) is 0 Å². The van der Waals surface area contributed by atoms with Crippen LogP contribution in [0.15, 0.2) is 47.4 Å². The summed E-state index contributed by atoms with van der Waals surface area (Å²) in [5, 5.41) is 2.87. The van der Waals surface area contributed by atoms with Crippen LogP contribution in [0.4, 0.5) is 5.69 Å². The van der Waals surface area contributed by atoms with E-state index in [4.69, 9.17) is 16.3 Å². The first-order valence-electron chi connectivity index (χ1n) is 8.46. The molecular formula is C19H23ClN2O4S. The number of rotatable bonds is 8. The molecule has 2 aromatic carbocycles. The Hall–Kier alpha value is -2.09. The number of aryl methyl sites for hydroxylation is 1.